The standard InChI is InChI=1S/C47H47F3N6O4S/c1-6-53(7-2)34-20-24-39-42(28-34)60-43-29-35(54(8-3)9-4)21-25-40(43)46(39)38-13-11-10-12-37(38)45(57)55(46)27-26-51-61(58,59)36-22-18-33(19-23-36)56-41(30-44(52-56)47(48,49)50)32-16-14-31(5)15-17-32/h10-25,28-30,51H,6-9,26-27H2,1-5H3. The summed E-state index contributed by atoms with van der Waals surface area (Å²) in [7, 11) is -4.16. The Bertz CT molecular complexity index is 2650. The Morgan fingerprint density at radius 1 is 0.738 bits per heavy atom. The number of aromatic nitrogens is 2. The molecule has 1 amide bonds. The Kier molecular flexibility index (Phi) is 10.9. The van der Waals surface area contributed by atoms with E-state index in [0.29, 0.717) is 22.6 Å². The van der Waals surface area contributed by atoms with Gasteiger partial charge in [-0.3, -0.25) is 4.79 Å². The predicted octanol–water partition coefficient (Wildman–Crippen LogP) is 9.39. The summed E-state index contributed by atoms with van der Waals surface area (Å²) in [5, 5.41) is 3.85. The first-order chi connectivity index (χ1) is 29.2. The number of rotatable bonds is 13. The molecule has 3 heterocycles. The van der Waals surface area contributed by atoms with Gasteiger partial charge in [-0.15, -0.1) is 0 Å². The Morgan fingerprint density at radius 3 is 1.87 bits per heavy atom. The van der Waals surface area contributed by atoms with Crippen LogP contribution in [-0.2, 0) is 21.7 Å². The zero-order chi connectivity index (χ0) is 43.3. The van der Waals surface area contributed by atoms with Crippen molar-refractivity contribution in [1.29, 1.82) is 0 Å². The Morgan fingerprint density at radius 2 is 1.31 bits per heavy atom. The van der Waals surface area contributed by atoms with Crippen LogP contribution in [0.15, 0.2) is 120 Å². The van der Waals surface area contributed by atoms with E-state index in [9.17, 15) is 26.4 Å². The van der Waals surface area contributed by atoms with Gasteiger partial charge >= 0.3 is 6.18 Å². The minimum Gasteiger partial charge on any atom is -0.456 e. The van der Waals surface area contributed by atoms with E-state index in [4.69, 9.17) is 4.74 Å². The van der Waals surface area contributed by atoms with Crippen LogP contribution < -0.4 is 19.3 Å². The highest BCUT2D eigenvalue weighted by Crippen LogP contribution is 2.58. The molecule has 1 aromatic heterocycles. The topological polar surface area (TPSA) is 100 Å². The highest BCUT2D eigenvalue weighted by Gasteiger charge is 2.56. The Hall–Kier alpha value is -6.12. The number of amides is 1. The maximum atomic E-state index is 14.6. The number of anilines is 2. The lowest BCUT2D eigenvalue weighted by Gasteiger charge is -2.45. The molecule has 2 aliphatic heterocycles. The molecule has 0 atom stereocenters. The molecule has 0 aliphatic carbocycles. The number of carbonyl (C=O) groups excluding carboxylic acids is 1. The number of halogens is 3. The quantitative estimate of drug-likeness (QED) is 0.124. The molecule has 316 valence electrons. The van der Waals surface area contributed by atoms with Crippen LogP contribution in [0.1, 0.15) is 66.0 Å². The number of nitrogens with one attached hydrogen (secondary N) is 1. The number of alkyl halides is 3. The molecule has 14 heteroatoms. The van der Waals surface area contributed by atoms with Gasteiger partial charge in [0.2, 0.25) is 10.0 Å². The molecule has 0 saturated heterocycles. The number of nitrogens with zero attached hydrogens (tertiary/aromatic N) is 5. The van der Waals surface area contributed by atoms with Gasteiger partial charge in [0.05, 0.1) is 16.3 Å². The second-order valence-electron chi connectivity index (χ2n) is 15.1. The fourth-order valence-corrected chi connectivity index (χ4v) is 9.71. The lowest BCUT2D eigenvalue weighted by Crippen LogP contribution is -2.50. The molecular formula is C47H47F3N6O4S. The van der Waals surface area contributed by atoms with Gasteiger partial charge in [0.15, 0.2) is 5.69 Å². The van der Waals surface area contributed by atoms with E-state index in [0.717, 1.165) is 70.6 Å². The van der Waals surface area contributed by atoms with Gasteiger partial charge in [0, 0.05) is 85.0 Å². The van der Waals surface area contributed by atoms with E-state index in [-0.39, 0.29) is 35.3 Å². The van der Waals surface area contributed by atoms with Crippen molar-refractivity contribution in [2.75, 3.05) is 49.1 Å². The smallest absolute Gasteiger partial charge is 0.435 e. The average Bonchev–Trinajstić information content (AvgIpc) is 3.81. The summed E-state index contributed by atoms with van der Waals surface area (Å²) in [5.74, 6) is 0.961. The van der Waals surface area contributed by atoms with Crippen LogP contribution in [0.3, 0.4) is 0 Å². The zero-order valence-corrected chi connectivity index (χ0v) is 35.4. The van der Waals surface area contributed by atoms with E-state index in [1.165, 1.54) is 24.3 Å². The summed E-state index contributed by atoms with van der Waals surface area (Å²) in [6.45, 7) is 13.3. The number of ether oxygens (including phenoxy) is 1. The fraction of sp³-hybridized carbons (Fsp3) is 0.277. The molecule has 0 saturated carbocycles. The van der Waals surface area contributed by atoms with E-state index < -0.39 is 27.4 Å². The van der Waals surface area contributed by atoms with Crippen molar-refractivity contribution in [3.8, 4) is 28.4 Å². The van der Waals surface area contributed by atoms with Gasteiger partial charge in [-0.25, -0.2) is 17.8 Å². The summed E-state index contributed by atoms with van der Waals surface area (Å²) in [4.78, 5) is 20.7. The first kappa shape index (κ1) is 41.6. The van der Waals surface area contributed by atoms with Crippen LogP contribution in [0.4, 0.5) is 24.5 Å². The normalized spacial score (nSPS) is 14.1. The number of carbonyl (C=O) groups is 1. The lowest BCUT2D eigenvalue weighted by atomic mass is 9.74. The SMILES string of the molecule is CCN(CC)c1ccc2c(c1)Oc1cc(N(CC)CC)ccc1C21c2ccccc2C(=O)N1CCNS(=O)(=O)c1ccc(-n2nc(C(F)(F)F)cc2-c2ccc(C)cc2)cc1. The molecule has 6 aromatic rings. The van der Waals surface area contributed by atoms with Crippen LogP contribution in [0, 0.1) is 6.92 Å². The van der Waals surface area contributed by atoms with Crippen molar-refractivity contribution in [3.05, 3.63) is 149 Å². The third kappa shape index (κ3) is 7.20. The van der Waals surface area contributed by atoms with E-state index in [1.54, 1.807) is 35.2 Å². The summed E-state index contributed by atoms with van der Waals surface area (Å²) in [6, 6.07) is 33.1. The van der Waals surface area contributed by atoms with Crippen molar-refractivity contribution in [2.45, 2.75) is 51.2 Å². The highest BCUT2D eigenvalue weighted by atomic mass is 32.2. The molecule has 8 rings (SSSR count). The van der Waals surface area contributed by atoms with Crippen molar-refractivity contribution < 1.29 is 31.1 Å². The first-order valence-corrected chi connectivity index (χ1v) is 22.0. The van der Waals surface area contributed by atoms with Crippen molar-refractivity contribution in [3.63, 3.8) is 0 Å². The van der Waals surface area contributed by atoms with Gasteiger partial charge in [-0.1, -0.05) is 60.2 Å². The molecule has 0 bridgehead atoms. The van der Waals surface area contributed by atoms with E-state index in [2.05, 4.69) is 47.3 Å². The number of benzene rings is 5. The third-order valence-corrected chi connectivity index (χ3v) is 13.2. The van der Waals surface area contributed by atoms with Gasteiger partial charge in [0.25, 0.3) is 5.91 Å². The molecule has 2 aliphatic rings. The molecule has 61 heavy (non-hydrogen) atoms. The highest BCUT2D eigenvalue weighted by molar-refractivity contribution is 7.89. The Balaban J connectivity index is 1.14. The second-order valence-corrected chi connectivity index (χ2v) is 16.9. The van der Waals surface area contributed by atoms with Crippen molar-refractivity contribution in [1.82, 2.24) is 19.4 Å². The minimum absolute atomic E-state index is 0.00723. The molecule has 10 nitrogen and oxygen atoms in total. The zero-order valence-electron chi connectivity index (χ0n) is 34.6. The lowest BCUT2D eigenvalue weighted by molar-refractivity contribution is -0.141. The number of hydrogen-bond acceptors (Lipinski definition) is 7. The third-order valence-electron chi connectivity index (χ3n) is 11.8. The molecule has 0 fully saturated rings. The van der Waals surface area contributed by atoms with Gasteiger partial charge in [-0.05, 0) is 88.7 Å². The molecule has 0 unspecified atom stereocenters. The van der Waals surface area contributed by atoms with Crippen LogP contribution in [-0.4, -0.2) is 68.3 Å². The van der Waals surface area contributed by atoms with Gasteiger partial charge in [-0.2, -0.15) is 18.3 Å². The maximum absolute atomic E-state index is 14.6. The van der Waals surface area contributed by atoms with Gasteiger partial charge in [0.1, 0.15) is 17.0 Å². The second kappa shape index (κ2) is 16.1. The van der Waals surface area contributed by atoms with Crippen LogP contribution in [0.5, 0.6) is 11.5 Å². The molecule has 1 spiro atoms. The fourth-order valence-electron chi connectivity index (χ4n) is 8.69. The maximum Gasteiger partial charge on any atom is 0.435 e. The first-order valence-electron chi connectivity index (χ1n) is 20.5. The monoisotopic (exact) mass is 848 g/mol. The van der Waals surface area contributed by atoms with Crippen LogP contribution in [0.2, 0.25) is 0 Å². The van der Waals surface area contributed by atoms with E-state index in [1.807, 2.05) is 61.5 Å². The summed E-state index contributed by atoms with van der Waals surface area (Å²) < 4.78 is 79.9. The molecule has 0 radical (unpaired) electrons. The van der Waals surface area contributed by atoms with Crippen LogP contribution in [0.25, 0.3) is 16.9 Å². The predicted molar refractivity (Wildman–Crippen MR) is 231 cm³/mol. The molecule has 1 N–H and O–H groups in total. The summed E-state index contributed by atoms with van der Waals surface area (Å²) in [6.07, 6.45) is -4.69. The molecule has 5 aromatic carbocycles. The minimum atomic E-state index is -4.69. The summed E-state index contributed by atoms with van der Waals surface area (Å²) >= 11 is 0. The number of fused-ring (bicyclic) bond motifs is 6. The largest absolute Gasteiger partial charge is 0.456 e. The number of hydrogen-bond donors (Lipinski definition) is 1. The average molecular weight is 849 g/mol. The van der Waals surface area contributed by atoms with Gasteiger partial charge < -0.3 is 19.4 Å². The van der Waals surface area contributed by atoms with E-state index >= 15 is 0 Å². The van der Waals surface area contributed by atoms with Crippen LogP contribution >= 0.6 is 0 Å². The van der Waals surface area contributed by atoms with Crippen molar-refractivity contribution >= 4 is 27.3 Å². The molecular weight excluding hydrogens is 802 g/mol. The summed E-state index contributed by atoms with van der Waals surface area (Å²) in [5.41, 5.74) is 4.46. The number of sulfonamides is 1. The Labute approximate surface area is 354 Å². The number of aryl methyl sites for hydroxylation is 1. The van der Waals surface area contributed by atoms with Crippen molar-refractivity contribution in [2.24, 2.45) is 0 Å².